The molecular formula is C11H21BrN4O. The van der Waals surface area contributed by atoms with Crippen LogP contribution in [0.3, 0.4) is 0 Å². The number of rotatable bonds is 6. The summed E-state index contributed by atoms with van der Waals surface area (Å²) in [7, 11) is 1.84. The molecular weight excluding hydrogens is 284 g/mol. The molecule has 6 heteroatoms. The monoisotopic (exact) mass is 304 g/mol. The van der Waals surface area contributed by atoms with E-state index in [0.717, 1.165) is 18.5 Å². The first-order chi connectivity index (χ1) is 8.02. The van der Waals surface area contributed by atoms with E-state index in [-0.39, 0.29) is 11.6 Å². The molecule has 17 heavy (non-hydrogen) atoms. The molecule has 1 atom stereocenters. The van der Waals surface area contributed by atoms with E-state index in [1.807, 2.05) is 14.0 Å². The number of halogens is 1. The van der Waals surface area contributed by atoms with Gasteiger partial charge >= 0.3 is 0 Å². The molecule has 1 heterocycles. The quantitative estimate of drug-likeness (QED) is 0.875. The van der Waals surface area contributed by atoms with Crippen molar-refractivity contribution < 1.29 is 4.74 Å². The highest BCUT2D eigenvalue weighted by Gasteiger charge is 2.38. The fourth-order valence-electron chi connectivity index (χ4n) is 2.19. The van der Waals surface area contributed by atoms with Crippen LogP contribution in [0, 0.1) is 0 Å². The third kappa shape index (κ3) is 2.69. The highest BCUT2D eigenvalue weighted by Crippen LogP contribution is 2.35. The number of nitrogens with two attached hydrogens (primary N) is 1. The molecule has 0 aliphatic heterocycles. The van der Waals surface area contributed by atoms with Gasteiger partial charge in [0.2, 0.25) is 0 Å². The third-order valence-corrected chi connectivity index (χ3v) is 3.88. The standard InChI is InChI=1S/C11H21BrN4O/c1-5-11(6-2,17-7-3)9(13)8-10(12)14-15-16(8)4/h9H,5-7,13H2,1-4H3. The van der Waals surface area contributed by atoms with E-state index in [2.05, 4.69) is 40.1 Å². The Labute approximate surface area is 111 Å². The number of hydrogen-bond donors (Lipinski definition) is 1. The van der Waals surface area contributed by atoms with Crippen molar-refractivity contribution >= 4 is 15.9 Å². The zero-order valence-corrected chi connectivity index (χ0v) is 12.5. The molecule has 0 radical (unpaired) electrons. The SMILES string of the molecule is CCOC(CC)(CC)C(N)c1c(Br)nnn1C. The predicted octanol–water partition coefficient (Wildman–Crippen LogP) is 2.17. The van der Waals surface area contributed by atoms with Crippen LogP contribution in [0.5, 0.6) is 0 Å². The maximum absolute atomic E-state index is 6.37. The van der Waals surface area contributed by atoms with Gasteiger partial charge in [0.05, 0.1) is 17.3 Å². The summed E-state index contributed by atoms with van der Waals surface area (Å²) in [5.74, 6) is 0. The Balaban J connectivity index is 3.11. The Hall–Kier alpha value is -0.460. The summed E-state index contributed by atoms with van der Waals surface area (Å²) in [6.07, 6.45) is 1.71. The maximum Gasteiger partial charge on any atom is 0.153 e. The topological polar surface area (TPSA) is 66.0 Å². The summed E-state index contributed by atoms with van der Waals surface area (Å²) in [5.41, 5.74) is 6.89. The van der Waals surface area contributed by atoms with Crippen molar-refractivity contribution in [2.24, 2.45) is 12.8 Å². The minimum atomic E-state index is -0.354. The van der Waals surface area contributed by atoms with Crippen LogP contribution in [-0.2, 0) is 11.8 Å². The lowest BCUT2D eigenvalue weighted by Crippen LogP contribution is -2.44. The second-order valence-electron chi connectivity index (χ2n) is 4.07. The highest BCUT2D eigenvalue weighted by molar-refractivity contribution is 9.10. The first-order valence-corrected chi connectivity index (χ1v) is 6.76. The van der Waals surface area contributed by atoms with Crippen LogP contribution >= 0.6 is 15.9 Å². The molecule has 0 amide bonds. The average Bonchev–Trinajstić information content (AvgIpc) is 2.65. The lowest BCUT2D eigenvalue weighted by Gasteiger charge is -2.37. The van der Waals surface area contributed by atoms with Crippen LogP contribution in [0.15, 0.2) is 4.60 Å². The van der Waals surface area contributed by atoms with E-state index in [0.29, 0.717) is 11.2 Å². The molecule has 0 aromatic carbocycles. The van der Waals surface area contributed by atoms with Gasteiger partial charge in [-0.1, -0.05) is 19.1 Å². The molecule has 5 nitrogen and oxygen atoms in total. The minimum absolute atomic E-state index is 0.244. The molecule has 0 spiro atoms. The van der Waals surface area contributed by atoms with E-state index >= 15 is 0 Å². The fraction of sp³-hybridized carbons (Fsp3) is 0.818. The van der Waals surface area contributed by atoms with E-state index in [4.69, 9.17) is 10.5 Å². The van der Waals surface area contributed by atoms with Crippen LogP contribution in [0.25, 0.3) is 0 Å². The molecule has 0 saturated heterocycles. The lowest BCUT2D eigenvalue weighted by atomic mass is 9.87. The van der Waals surface area contributed by atoms with E-state index in [1.54, 1.807) is 4.68 Å². The van der Waals surface area contributed by atoms with Gasteiger partial charge in [-0.3, -0.25) is 0 Å². The number of aromatic nitrogens is 3. The number of nitrogens with zero attached hydrogens (tertiary/aromatic N) is 3. The van der Waals surface area contributed by atoms with Crippen molar-refractivity contribution in [1.29, 1.82) is 0 Å². The molecule has 1 unspecified atom stereocenters. The number of ether oxygens (including phenoxy) is 1. The van der Waals surface area contributed by atoms with Crippen molar-refractivity contribution in [2.75, 3.05) is 6.61 Å². The Morgan fingerprint density at radius 3 is 2.35 bits per heavy atom. The smallest absolute Gasteiger partial charge is 0.153 e. The van der Waals surface area contributed by atoms with Crippen molar-refractivity contribution in [1.82, 2.24) is 15.0 Å². The van der Waals surface area contributed by atoms with Gasteiger partial charge in [-0.25, -0.2) is 4.68 Å². The Kier molecular flexibility index (Phi) is 5.09. The molecule has 0 aliphatic carbocycles. The molecule has 0 fully saturated rings. The zero-order valence-electron chi connectivity index (χ0n) is 10.9. The summed E-state index contributed by atoms with van der Waals surface area (Å²) in [4.78, 5) is 0. The van der Waals surface area contributed by atoms with Crippen LogP contribution in [0.4, 0.5) is 0 Å². The summed E-state index contributed by atoms with van der Waals surface area (Å²) in [5, 5.41) is 7.94. The number of hydrogen-bond acceptors (Lipinski definition) is 4. The molecule has 2 N–H and O–H groups in total. The Morgan fingerprint density at radius 1 is 1.41 bits per heavy atom. The lowest BCUT2D eigenvalue weighted by molar-refractivity contribution is -0.0662. The summed E-state index contributed by atoms with van der Waals surface area (Å²) in [6, 6.07) is -0.244. The summed E-state index contributed by atoms with van der Waals surface area (Å²) in [6.45, 7) is 6.83. The first kappa shape index (κ1) is 14.6. The van der Waals surface area contributed by atoms with E-state index < -0.39 is 0 Å². The maximum atomic E-state index is 6.37. The second-order valence-corrected chi connectivity index (χ2v) is 4.82. The van der Waals surface area contributed by atoms with Crippen LogP contribution in [-0.4, -0.2) is 27.2 Å². The minimum Gasteiger partial charge on any atom is -0.373 e. The van der Waals surface area contributed by atoms with Crippen molar-refractivity contribution in [3.63, 3.8) is 0 Å². The first-order valence-electron chi connectivity index (χ1n) is 5.97. The van der Waals surface area contributed by atoms with Crippen LogP contribution in [0.2, 0.25) is 0 Å². The van der Waals surface area contributed by atoms with Gasteiger partial charge in [0.25, 0.3) is 0 Å². The molecule has 0 saturated carbocycles. The molecule has 0 aliphatic rings. The molecule has 1 rings (SSSR count). The van der Waals surface area contributed by atoms with Gasteiger partial charge in [0.1, 0.15) is 0 Å². The van der Waals surface area contributed by atoms with Gasteiger partial charge in [-0.05, 0) is 35.7 Å². The van der Waals surface area contributed by atoms with Crippen molar-refractivity contribution in [2.45, 2.75) is 45.3 Å². The second kappa shape index (κ2) is 5.93. The van der Waals surface area contributed by atoms with Crippen LogP contribution in [0.1, 0.15) is 45.3 Å². The number of aryl methyl sites for hydroxylation is 1. The third-order valence-electron chi connectivity index (χ3n) is 3.32. The molecule has 1 aromatic rings. The highest BCUT2D eigenvalue weighted by atomic mass is 79.9. The molecule has 1 aromatic heterocycles. The zero-order chi connectivity index (χ0) is 13.1. The van der Waals surface area contributed by atoms with E-state index in [1.165, 1.54) is 0 Å². The van der Waals surface area contributed by atoms with Crippen molar-refractivity contribution in [3.8, 4) is 0 Å². The van der Waals surface area contributed by atoms with Gasteiger partial charge in [-0.2, -0.15) is 0 Å². The van der Waals surface area contributed by atoms with Crippen molar-refractivity contribution in [3.05, 3.63) is 10.3 Å². The molecule has 98 valence electrons. The van der Waals surface area contributed by atoms with Gasteiger partial charge in [-0.15, -0.1) is 5.10 Å². The average molecular weight is 305 g/mol. The Bertz CT molecular complexity index is 343. The molecule has 0 bridgehead atoms. The summed E-state index contributed by atoms with van der Waals surface area (Å²) >= 11 is 3.39. The van der Waals surface area contributed by atoms with E-state index in [9.17, 15) is 0 Å². The largest absolute Gasteiger partial charge is 0.373 e. The van der Waals surface area contributed by atoms with Crippen LogP contribution < -0.4 is 5.73 Å². The predicted molar refractivity (Wildman–Crippen MR) is 70.6 cm³/mol. The van der Waals surface area contributed by atoms with Gasteiger partial charge < -0.3 is 10.5 Å². The van der Waals surface area contributed by atoms with Gasteiger partial charge in [0.15, 0.2) is 4.60 Å². The van der Waals surface area contributed by atoms with Gasteiger partial charge in [0, 0.05) is 13.7 Å². The fourth-order valence-corrected chi connectivity index (χ4v) is 2.76. The summed E-state index contributed by atoms with van der Waals surface area (Å²) < 4.78 is 8.30. The normalized spacial score (nSPS) is 14.0. The Morgan fingerprint density at radius 2 is 2.00 bits per heavy atom.